The van der Waals surface area contributed by atoms with Gasteiger partial charge in [-0.1, -0.05) is 30.3 Å². The molecule has 3 aromatic rings. The van der Waals surface area contributed by atoms with Gasteiger partial charge in [-0.3, -0.25) is 10.0 Å². The number of carbonyl (C=O) groups is 1. The Morgan fingerprint density at radius 3 is 2.27 bits per heavy atom. The smallest absolute Gasteiger partial charge is 0.267 e. The minimum Gasteiger partial charge on any atom is -0.497 e. The lowest BCUT2D eigenvalue weighted by molar-refractivity contribution is -0.124. The molecule has 0 radical (unpaired) electrons. The van der Waals surface area contributed by atoms with Gasteiger partial charge in [0, 0.05) is 19.2 Å². The molecule has 0 aliphatic rings. The highest BCUT2D eigenvalue weighted by atomic mass is 32.2. The number of benzene rings is 3. The lowest BCUT2D eigenvalue weighted by atomic mass is 10.1. The van der Waals surface area contributed by atoms with E-state index in [0.29, 0.717) is 29.2 Å². The largest absolute Gasteiger partial charge is 0.497 e. The number of sulfonamides is 1. The molecule has 196 valence electrons. The number of rotatable bonds is 12. The lowest BCUT2D eigenvalue weighted by Crippen LogP contribution is -2.32. The van der Waals surface area contributed by atoms with Crippen LogP contribution in [0.5, 0.6) is 17.2 Å². The summed E-state index contributed by atoms with van der Waals surface area (Å²) in [5, 5.41) is 8.68. The normalized spacial score (nSPS) is 11.5. The second-order valence-corrected chi connectivity index (χ2v) is 9.95. The Bertz CT molecular complexity index is 1340. The van der Waals surface area contributed by atoms with E-state index in [-0.39, 0.29) is 18.0 Å². The van der Waals surface area contributed by atoms with Crippen LogP contribution < -0.4 is 19.7 Å². The topological polar surface area (TPSA) is 114 Å². The summed E-state index contributed by atoms with van der Waals surface area (Å²) in [6.07, 6.45) is 2.96. The molecule has 0 aromatic heterocycles. The summed E-state index contributed by atoms with van der Waals surface area (Å²) in [7, 11) is 0.757. The van der Waals surface area contributed by atoms with Gasteiger partial charge < -0.3 is 14.2 Å². The minimum absolute atomic E-state index is 0.0832. The van der Waals surface area contributed by atoms with Crippen molar-refractivity contribution in [3.05, 3.63) is 89.5 Å². The molecule has 0 spiro atoms. The van der Waals surface area contributed by atoms with Gasteiger partial charge in [0.1, 0.15) is 5.75 Å². The molecule has 1 amide bonds. The quantitative estimate of drug-likeness (QED) is 0.210. The fourth-order valence-electron chi connectivity index (χ4n) is 3.65. The van der Waals surface area contributed by atoms with E-state index < -0.39 is 15.9 Å². The zero-order chi connectivity index (χ0) is 26.8. The van der Waals surface area contributed by atoms with Crippen molar-refractivity contribution in [2.24, 2.45) is 0 Å². The van der Waals surface area contributed by atoms with E-state index in [0.717, 1.165) is 17.2 Å². The first kappa shape index (κ1) is 27.7. The van der Waals surface area contributed by atoms with Crippen molar-refractivity contribution in [3.63, 3.8) is 0 Å². The van der Waals surface area contributed by atoms with Crippen LogP contribution in [0.3, 0.4) is 0 Å². The van der Waals surface area contributed by atoms with Gasteiger partial charge in [0.15, 0.2) is 11.5 Å². The summed E-state index contributed by atoms with van der Waals surface area (Å²) in [5.41, 5.74) is 3.68. The van der Waals surface area contributed by atoms with Crippen LogP contribution in [0, 0.1) is 0 Å². The third-order valence-corrected chi connectivity index (χ3v) is 7.49. The number of nitrogens with one attached hydrogen (secondary N) is 1. The molecule has 9 nitrogen and oxygen atoms in total. The molecule has 0 aliphatic heterocycles. The predicted molar refractivity (Wildman–Crippen MR) is 139 cm³/mol. The van der Waals surface area contributed by atoms with Crippen molar-refractivity contribution in [1.82, 2.24) is 9.79 Å². The van der Waals surface area contributed by atoms with Crippen molar-refractivity contribution in [2.45, 2.75) is 17.9 Å². The first-order valence-electron chi connectivity index (χ1n) is 11.4. The average molecular weight is 527 g/mol. The fourth-order valence-corrected chi connectivity index (χ4v) is 5.13. The number of amides is 1. The molecule has 0 unspecified atom stereocenters. The number of hydrogen-bond donors (Lipinski definition) is 2. The van der Waals surface area contributed by atoms with Crippen molar-refractivity contribution in [2.75, 3.05) is 27.9 Å². The second-order valence-electron chi connectivity index (χ2n) is 8.01. The van der Waals surface area contributed by atoms with Crippen LogP contribution in [0.1, 0.15) is 16.7 Å². The summed E-state index contributed by atoms with van der Waals surface area (Å²) in [4.78, 5) is 11.4. The zero-order valence-electron chi connectivity index (χ0n) is 20.9. The van der Waals surface area contributed by atoms with E-state index in [1.54, 1.807) is 51.7 Å². The van der Waals surface area contributed by atoms with E-state index in [2.05, 4.69) is 0 Å². The fraction of sp³-hybridized carbons (Fsp3) is 0.222. The van der Waals surface area contributed by atoms with E-state index in [4.69, 9.17) is 19.4 Å². The van der Waals surface area contributed by atoms with Crippen LogP contribution in [-0.4, -0.2) is 51.7 Å². The monoisotopic (exact) mass is 526 g/mol. The van der Waals surface area contributed by atoms with Gasteiger partial charge in [-0.15, -0.1) is 0 Å². The Kier molecular flexibility index (Phi) is 9.67. The van der Waals surface area contributed by atoms with E-state index in [1.807, 2.05) is 24.3 Å². The van der Waals surface area contributed by atoms with Crippen LogP contribution in [-0.2, 0) is 27.8 Å². The number of methoxy groups -OCH3 is 3. The van der Waals surface area contributed by atoms with Crippen molar-refractivity contribution in [1.29, 1.82) is 0 Å². The molecule has 0 heterocycles. The number of hydroxylamine groups is 1. The molecule has 3 rings (SSSR count). The molecule has 0 fully saturated rings. The summed E-state index contributed by atoms with van der Waals surface area (Å²) in [6, 6.07) is 19.0. The standard InChI is InChI=1S/C27H30N2O7S/c1-34-23-11-7-22(8-12-23)19-29(16-15-21-9-13-25(35-2)26(18-21)36-3)37(32,33)24-6-4-5-20(17-24)10-14-27(30)28-31/h4-14,17-18,31H,15-16,19H2,1-3H3,(H,28,30)/b14-10+. The van der Waals surface area contributed by atoms with Crippen LogP contribution in [0.2, 0.25) is 0 Å². The number of nitrogens with zero attached hydrogens (tertiary/aromatic N) is 1. The highest BCUT2D eigenvalue weighted by Crippen LogP contribution is 2.28. The molecular formula is C27H30N2O7S. The number of ether oxygens (including phenoxy) is 3. The van der Waals surface area contributed by atoms with E-state index in [1.165, 1.54) is 28.0 Å². The van der Waals surface area contributed by atoms with Crippen molar-refractivity contribution < 1.29 is 32.6 Å². The molecule has 0 aliphatic carbocycles. The molecular weight excluding hydrogens is 496 g/mol. The Morgan fingerprint density at radius 2 is 1.62 bits per heavy atom. The van der Waals surface area contributed by atoms with Gasteiger partial charge in [-0.25, -0.2) is 13.9 Å². The molecule has 0 saturated heterocycles. The maximum absolute atomic E-state index is 13.8. The van der Waals surface area contributed by atoms with Gasteiger partial charge in [-0.2, -0.15) is 4.31 Å². The maximum atomic E-state index is 13.8. The summed E-state index contributed by atoms with van der Waals surface area (Å²) < 4.78 is 44.8. The summed E-state index contributed by atoms with van der Waals surface area (Å²) >= 11 is 0. The lowest BCUT2D eigenvalue weighted by Gasteiger charge is -2.23. The Labute approximate surface area is 216 Å². The van der Waals surface area contributed by atoms with Crippen LogP contribution >= 0.6 is 0 Å². The molecule has 0 bridgehead atoms. The molecule has 10 heteroatoms. The average Bonchev–Trinajstić information content (AvgIpc) is 2.94. The Balaban J connectivity index is 1.92. The van der Waals surface area contributed by atoms with Crippen molar-refractivity contribution in [3.8, 4) is 17.2 Å². The van der Waals surface area contributed by atoms with Gasteiger partial charge in [0.05, 0.1) is 26.2 Å². The second kappa shape index (κ2) is 12.9. The summed E-state index contributed by atoms with van der Waals surface area (Å²) in [6.45, 7) is 0.351. The first-order valence-corrected chi connectivity index (χ1v) is 12.8. The van der Waals surface area contributed by atoms with Gasteiger partial charge in [-0.05, 0) is 65.6 Å². The SMILES string of the molecule is COc1ccc(CN(CCc2ccc(OC)c(OC)c2)S(=O)(=O)c2cccc(/C=C/C(=O)NO)c2)cc1. The highest BCUT2D eigenvalue weighted by Gasteiger charge is 2.25. The Morgan fingerprint density at radius 1 is 0.919 bits per heavy atom. The maximum Gasteiger partial charge on any atom is 0.267 e. The predicted octanol–water partition coefficient (Wildman–Crippen LogP) is 3.66. The van der Waals surface area contributed by atoms with E-state index >= 15 is 0 Å². The minimum atomic E-state index is -3.92. The van der Waals surface area contributed by atoms with Crippen LogP contribution in [0.4, 0.5) is 0 Å². The molecule has 3 aromatic carbocycles. The van der Waals surface area contributed by atoms with Crippen molar-refractivity contribution >= 4 is 22.0 Å². The summed E-state index contributed by atoms with van der Waals surface area (Å²) in [5.74, 6) is 1.11. The third kappa shape index (κ3) is 7.32. The van der Waals surface area contributed by atoms with Crippen LogP contribution in [0.15, 0.2) is 77.7 Å². The van der Waals surface area contributed by atoms with Crippen LogP contribution in [0.25, 0.3) is 6.08 Å². The first-order chi connectivity index (χ1) is 17.8. The van der Waals surface area contributed by atoms with Gasteiger partial charge >= 0.3 is 0 Å². The molecule has 2 N–H and O–H groups in total. The zero-order valence-corrected chi connectivity index (χ0v) is 21.7. The molecule has 0 atom stereocenters. The highest BCUT2D eigenvalue weighted by molar-refractivity contribution is 7.89. The number of carbonyl (C=O) groups excluding carboxylic acids is 1. The molecule has 0 saturated carbocycles. The van der Waals surface area contributed by atoms with Gasteiger partial charge in [0.25, 0.3) is 5.91 Å². The third-order valence-electron chi connectivity index (χ3n) is 5.65. The van der Waals surface area contributed by atoms with E-state index in [9.17, 15) is 13.2 Å². The Hall–Kier alpha value is -3.86. The number of hydrogen-bond acceptors (Lipinski definition) is 7. The van der Waals surface area contributed by atoms with Gasteiger partial charge in [0.2, 0.25) is 10.0 Å². The molecule has 37 heavy (non-hydrogen) atoms.